The molecule has 122 valence electrons. The number of rotatable bonds is 7. The maximum absolute atomic E-state index is 11.6. The highest BCUT2D eigenvalue weighted by atomic mass is 16.6. The van der Waals surface area contributed by atoms with Gasteiger partial charge in [-0.1, -0.05) is 6.42 Å². The quantitative estimate of drug-likeness (QED) is 0.553. The summed E-state index contributed by atoms with van der Waals surface area (Å²) < 4.78 is 5.64. The fourth-order valence-corrected chi connectivity index (χ4v) is 2.68. The van der Waals surface area contributed by atoms with E-state index < -0.39 is 18.1 Å². The zero-order valence-electron chi connectivity index (χ0n) is 13.4. The lowest BCUT2D eigenvalue weighted by Crippen LogP contribution is -2.54. The zero-order valence-corrected chi connectivity index (χ0v) is 13.4. The van der Waals surface area contributed by atoms with E-state index in [1.54, 1.807) is 0 Å². The molecule has 1 amide bonds. The number of nitrogens with zero attached hydrogens (tertiary/aromatic N) is 1. The van der Waals surface area contributed by atoms with Crippen molar-refractivity contribution in [1.82, 2.24) is 5.32 Å². The van der Waals surface area contributed by atoms with Crippen LogP contribution >= 0.6 is 0 Å². The third kappa shape index (κ3) is 6.80. The molecule has 1 atom stereocenters. The molecule has 0 aromatic heterocycles. The molecule has 21 heavy (non-hydrogen) atoms. The number of quaternary nitrogens is 1. The maximum Gasteiger partial charge on any atom is 0.407 e. The SMILES string of the molecule is C[N+](C)(C)C(CCCNC(=O)OC1CCCCC1)C(=O)[O-]. The van der Waals surface area contributed by atoms with Crippen LogP contribution < -0.4 is 10.4 Å². The second-order valence-corrected chi connectivity index (χ2v) is 6.69. The first kappa shape index (κ1) is 17.8. The second-order valence-electron chi connectivity index (χ2n) is 6.69. The van der Waals surface area contributed by atoms with Gasteiger partial charge in [0.2, 0.25) is 0 Å². The fourth-order valence-electron chi connectivity index (χ4n) is 2.68. The van der Waals surface area contributed by atoms with Crippen molar-refractivity contribution in [2.24, 2.45) is 0 Å². The Morgan fingerprint density at radius 2 is 1.86 bits per heavy atom. The van der Waals surface area contributed by atoms with Crippen molar-refractivity contribution in [2.45, 2.75) is 57.1 Å². The van der Waals surface area contributed by atoms with Crippen molar-refractivity contribution in [3.05, 3.63) is 0 Å². The predicted molar refractivity (Wildman–Crippen MR) is 77.4 cm³/mol. The molecular weight excluding hydrogens is 272 g/mol. The zero-order chi connectivity index (χ0) is 15.9. The van der Waals surface area contributed by atoms with Crippen molar-refractivity contribution in [2.75, 3.05) is 27.7 Å². The average Bonchev–Trinajstić information content (AvgIpc) is 2.37. The van der Waals surface area contributed by atoms with E-state index >= 15 is 0 Å². The molecule has 1 saturated carbocycles. The molecule has 1 fully saturated rings. The first-order chi connectivity index (χ1) is 9.80. The summed E-state index contributed by atoms with van der Waals surface area (Å²) in [6, 6.07) is -0.568. The molecule has 6 nitrogen and oxygen atoms in total. The second kappa shape index (κ2) is 8.22. The summed E-state index contributed by atoms with van der Waals surface area (Å²) in [6.45, 7) is 0.426. The third-order valence-corrected chi connectivity index (χ3v) is 3.96. The van der Waals surface area contributed by atoms with Gasteiger partial charge in [-0.2, -0.15) is 0 Å². The van der Waals surface area contributed by atoms with E-state index in [9.17, 15) is 14.7 Å². The largest absolute Gasteiger partial charge is 0.544 e. The Labute approximate surface area is 127 Å². The molecule has 0 heterocycles. The van der Waals surface area contributed by atoms with E-state index in [-0.39, 0.29) is 6.10 Å². The van der Waals surface area contributed by atoms with Crippen LogP contribution in [0.25, 0.3) is 0 Å². The minimum atomic E-state index is -1.05. The highest BCUT2D eigenvalue weighted by molar-refractivity contribution is 5.69. The van der Waals surface area contributed by atoms with Gasteiger partial charge in [-0.05, 0) is 32.1 Å². The Morgan fingerprint density at radius 3 is 2.38 bits per heavy atom. The molecule has 0 aromatic rings. The molecular formula is C15H28N2O4. The van der Waals surface area contributed by atoms with Gasteiger partial charge in [-0.15, -0.1) is 0 Å². The van der Waals surface area contributed by atoms with Crippen molar-refractivity contribution in [3.8, 4) is 0 Å². The van der Waals surface area contributed by atoms with Gasteiger partial charge in [0.05, 0.1) is 27.1 Å². The molecule has 0 saturated heterocycles. The van der Waals surface area contributed by atoms with Crippen LogP contribution in [0.3, 0.4) is 0 Å². The highest BCUT2D eigenvalue weighted by Gasteiger charge is 2.24. The predicted octanol–water partition coefficient (Wildman–Crippen LogP) is 0.650. The first-order valence-corrected chi connectivity index (χ1v) is 7.77. The number of hydrogen-bond donors (Lipinski definition) is 1. The summed E-state index contributed by atoms with van der Waals surface area (Å²) in [4.78, 5) is 22.7. The third-order valence-electron chi connectivity index (χ3n) is 3.96. The number of ether oxygens (including phenoxy) is 1. The van der Waals surface area contributed by atoms with E-state index in [1.807, 2.05) is 21.1 Å². The molecule has 1 aliphatic rings. The molecule has 1 rings (SSSR count). The average molecular weight is 300 g/mol. The minimum Gasteiger partial charge on any atom is -0.544 e. The van der Waals surface area contributed by atoms with Crippen LogP contribution in [0.5, 0.6) is 0 Å². The monoisotopic (exact) mass is 300 g/mol. The number of amides is 1. The molecule has 0 aliphatic heterocycles. The summed E-state index contributed by atoms with van der Waals surface area (Å²) in [5, 5.41) is 13.8. The van der Waals surface area contributed by atoms with E-state index in [0.717, 1.165) is 25.7 Å². The first-order valence-electron chi connectivity index (χ1n) is 7.77. The number of nitrogens with one attached hydrogen (secondary N) is 1. The Hall–Kier alpha value is -1.30. The molecule has 1 N–H and O–H groups in total. The number of carbonyl (C=O) groups excluding carboxylic acids is 2. The Bertz CT molecular complexity index is 346. The molecule has 1 unspecified atom stereocenters. The number of carboxylic acid groups (broad SMARTS) is 1. The van der Waals surface area contributed by atoms with E-state index in [0.29, 0.717) is 23.9 Å². The van der Waals surface area contributed by atoms with Gasteiger partial charge < -0.3 is 24.4 Å². The Balaban J connectivity index is 2.20. The van der Waals surface area contributed by atoms with E-state index in [4.69, 9.17) is 4.74 Å². The lowest BCUT2D eigenvalue weighted by molar-refractivity contribution is -0.889. The summed E-state index contributed by atoms with van der Waals surface area (Å²) in [5.41, 5.74) is 0. The van der Waals surface area contributed by atoms with Gasteiger partial charge in [-0.3, -0.25) is 0 Å². The lowest BCUT2D eigenvalue weighted by Gasteiger charge is -2.34. The van der Waals surface area contributed by atoms with E-state index in [2.05, 4.69) is 5.32 Å². The fraction of sp³-hybridized carbons (Fsp3) is 0.867. The number of hydrogen-bond acceptors (Lipinski definition) is 4. The van der Waals surface area contributed by atoms with Crippen LogP contribution in [-0.4, -0.2) is 56.4 Å². The summed E-state index contributed by atoms with van der Waals surface area (Å²) in [5.74, 6) is -1.05. The van der Waals surface area contributed by atoms with Gasteiger partial charge in [0, 0.05) is 13.0 Å². The molecule has 0 aromatic carbocycles. The van der Waals surface area contributed by atoms with E-state index in [1.165, 1.54) is 6.42 Å². The van der Waals surface area contributed by atoms with Crippen molar-refractivity contribution in [1.29, 1.82) is 0 Å². The summed E-state index contributed by atoms with van der Waals surface area (Å²) >= 11 is 0. The molecule has 0 radical (unpaired) electrons. The highest BCUT2D eigenvalue weighted by Crippen LogP contribution is 2.20. The standard InChI is InChI=1S/C15H28N2O4/c1-17(2,3)13(14(18)19)10-7-11-16-15(20)21-12-8-5-4-6-9-12/h12-13H,4-11H2,1-3H3,(H-,16,18,19,20). The number of aliphatic carboxylic acids is 1. The number of likely N-dealkylation sites (N-methyl/N-ethyl adjacent to an activating group) is 1. The van der Waals surface area contributed by atoms with Crippen LogP contribution in [0.2, 0.25) is 0 Å². The van der Waals surface area contributed by atoms with Gasteiger partial charge in [0.1, 0.15) is 12.1 Å². The summed E-state index contributed by atoms with van der Waals surface area (Å²) in [6.07, 6.45) is 6.06. The molecule has 6 heteroatoms. The van der Waals surface area contributed by atoms with Crippen LogP contribution in [0.4, 0.5) is 4.79 Å². The molecule has 0 spiro atoms. The topological polar surface area (TPSA) is 78.5 Å². The van der Waals surface area contributed by atoms with Crippen LogP contribution in [0.1, 0.15) is 44.9 Å². The van der Waals surface area contributed by atoms with Crippen LogP contribution in [-0.2, 0) is 9.53 Å². The normalized spacial score (nSPS) is 18.0. The minimum absolute atomic E-state index is 0.0426. The van der Waals surface area contributed by atoms with Gasteiger partial charge in [-0.25, -0.2) is 4.79 Å². The summed E-state index contributed by atoms with van der Waals surface area (Å²) in [7, 11) is 5.47. The van der Waals surface area contributed by atoms with Crippen LogP contribution in [0.15, 0.2) is 0 Å². The Morgan fingerprint density at radius 1 is 1.24 bits per heavy atom. The molecule has 0 bridgehead atoms. The lowest BCUT2D eigenvalue weighted by atomic mass is 9.98. The van der Waals surface area contributed by atoms with Crippen LogP contribution in [0, 0.1) is 0 Å². The number of carbonyl (C=O) groups is 2. The molecule has 1 aliphatic carbocycles. The number of carboxylic acids is 1. The van der Waals surface area contributed by atoms with Gasteiger partial charge >= 0.3 is 6.09 Å². The van der Waals surface area contributed by atoms with Gasteiger partial charge in [0.25, 0.3) is 0 Å². The number of alkyl carbamates (subject to hydrolysis) is 1. The van der Waals surface area contributed by atoms with Crippen molar-refractivity contribution in [3.63, 3.8) is 0 Å². The van der Waals surface area contributed by atoms with Crippen molar-refractivity contribution >= 4 is 12.1 Å². The Kier molecular flexibility index (Phi) is 6.95. The van der Waals surface area contributed by atoms with Crippen molar-refractivity contribution < 1.29 is 23.9 Å². The maximum atomic E-state index is 11.6. The smallest absolute Gasteiger partial charge is 0.407 e. The van der Waals surface area contributed by atoms with Gasteiger partial charge in [0.15, 0.2) is 0 Å².